The molecule has 0 rings (SSSR count). The van der Waals surface area contributed by atoms with Crippen LogP contribution >= 0.6 is 0 Å². The molecule has 0 aliphatic carbocycles. The van der Waals surface area contributed by atoms with Crippen molar-refractivity contribution >= 4 is 9.76 Å². The first kappa shape index (κ1) is 25.1. The Morgan fingerprint density at radius 1 is 0.654 bits per heavy atom. The topological polar surface area (TPSA) is 9.23 Å². The van der Waals surface area contributed by atoms with Crippen LogP contribution in [0, 0.1) is 0 Å². The highest BCUT2D eigenvalue weighted by Crippen LogP contribution is 2.20. The van der Waals surface area contributed by atoms with Crippen molar-refractivity contribution in [1.29, 1.82) is 0 Å². The lowest BCUT2D eigenvalue weighted by molar-refractivity contribution is 0.308. The summed E-state index contributed by atoms with van der Waals surface area (Å²) in [5.74, 6) is 0. The third-order valence-corrected chi connectivity index (χ3v) is 5.26. The molecule has 0 aromatic heterocycles. The Morgan fingerprint density at radius 3 is 1.65 bits per heavy atom. The molecular formula is C24H44OSi. The highest BCUT2D eigenvalue weighted by Gasteiger charge is 2.10. The maximum absolute atomic E-state index is 5.83. The third kappa shape index (κ3) is 23.1. The van der Waals surface area contributed by atoms with Gasteiger partial charge in [0.1, 0.15) is 0 Å². The van der Waals surface area contributed by atoms with E-state index in [0.717, 1.165) is 25.9 Å². The molecule has 2 heteroatoms. The molecule has 0 fully saturated rings. The van der Waals surface area contributed by atoms with Crippen LogP contribution in [-0.4, -0.2) is 16.4 Å². The maximum Gasteiger partial charge on any atom is 0.166 e. The second kappa shape index (κ2) is 18.9. The third-order valence-electron chi connectivity index (χ3n) is 3.90. The van der Waals surface area contributed by atoms with Crippen LogP contribution in [0.3, 0.4) is 0 Å². The van der Waals surface area contributed by atoms with E-state index in [4.69, 9.17) is 4.43 Å². The van der Waals surface area contributed by atoms with E-state index in [1.807, 2.05) is 0 Å². The lowest BCUT2D eigenvalue weighted by Gasteiger charge is -2.16. The monoisotopic (exact) mass is 376 g/mol. The lowest BCUT2D eigenvalue weighted by Crippen LogP contribution is -2.13. The van der Waals surface area contributed by atoms with Gasteiger partial charge in [-0.1, -0.05) is 95.6 Å². The molecule has 0 amide bonds. The molecule has 0 aliphatic rings. The molecule has 0 bridgehead atoms. The van der Waals surface area contributed by atoms with Gasteiger partial charge in [0.05, 0.1) is 0 Å². The van der Waals surface area contributed by atoms with Gasteiger partial charge in [0.2, 0.25) is 0 Å². The zero-order valence-electron chi connectivity index (χ0n) is 18.0. The van der Waals surface area contributed by atoms with Crippen LogP contribution in [0.25, 0.3) is 0 Å². The molecule has 0 N–H and O–H groups in total. The minimum atomic E-state index is -0.348. The van der Waals surface area contributed by atoms with Crippen LogP contribution in [0.15, 0.2) is 48.6 Å². The van der Waals surface area contributed by atoms with Crippen LogP contribution in [-0.2, 0) is 4.43 Å². The number of hydrogen-bond acceptors (Lipinski definition) is 1. The van der Waals surface area contributed by atoms with Crippen LogP contribution in [0.4, 0.5) is 0 Å². The van der Waals surface area contributed by atoms with Crippen LogP contribution in [0.2, 0.25) is 5.04 Å². The predicted molar refractivity (Wildman–Crippen MR) is 123 cm³/mol. The van der Waals surface area contributed by atoms with Gasteiger partial charge in [-0.05, 0) is 50.0 Å². The van der Waals surface area contributed by atoms with Crippen LogP contribution in [0.1, 0.15) is 91.9 Å². The van der Waals surface area contributed by atoms with Gasteiger partial charge < -0.3 is 4.43 Å². The maximum atomic E-state index is 5.83. The summed E-state index contributed by atoms with van der Waals surface area (Å²) >= 11 is 0. The summed E-state index contributed by atoms with van der Waals surface area (Å²) in [6.07, 6.45) is 30.2. The summed E-state index contributed by atoms with van der Waals surface area (Å²) in [4.78, 5) is 0. The molecule has 26 heavy (non-hydrogen) atoms. The van der Waals surface area contributed by atoms with Gasteiger partial charge in [0.25, 0.3) is 0 Å². The summed E-state index contributed by atoms with van der Waals surface area (Å²) in [6, 6.07) is 0. The summed E-state index contributed by atoms with van der Waals surface area (Å²) in [5, 5.41) is 0.428. The molecule has 1 nitrogen and oxygen atoms in total. The van der Waals surface area contributed by atoms with Gasteiger partial charge in [-0.3, -0.25) is 0 Å². The summed E-state index contributed by atoms with van der Waals surface area (Å²) in [5.41, 5.74) is 0. The van der Waals surface area contributed by atoms with E-state index in [1.165, 1.54) is 44.9 Å². The molecule has 0 spiro atoms. The summed E-state index contributed by atoms with van der Waals surface area (Å²) in [6.45, 7) is 10.0. The van der Waals surface area contributed by atoms with E-state index in [-0.39, 0.29) is 9.76 Å². The minimum Gasteiger partial charge on any atom is -0.423 e. The van der Waals surface area contributed by atoms with Gasteiger partial charge in [0.15, 0.2) is 9.76 Å². The molecule has 0 radical (unpaired) electrons. The zero-order chi connectivity index (χ0) is 19.3. The average Bonchev–Trinajstić information content (AvgIpc) is 2.59. The van der Waals surface area contributed by atoms with E-state index >= 15 is 0 Å². The molecule has 0 aliphatic heterocycles. The first-order chi connectivity index (χ1) is 12.6. The summed E-state index contributed by atoms with van der Waals surface area (Å²) in [7, 11) is -0.348. The lowest BCUT2D eigenvalue weighted by atomic mass is 10.2. The molecule has 0 aromatic rings. The predicted octanol–water partition coefficient (Wildman–Crippen LogP) is 7.45. The fourth-order valence-corrected chi connectivity index (χ4v) is 3.35. The van der Waals surface area contributed by atoms with E-state index in [1.54, 1.807) is 0 Å². The zero-order valence-corrected chi connectivity index (χ0v) is 19.4. The molecule has 0 saturated carbocycles. The van der Waals surface area contributed by atoms with Crippen molar-refractivity contribution in [2.75, 3.05) is 6.61 Å². The Hall–Kier alpha value is -0.863. The van der Waals surface area contributed by atoms with Gasteiger partial charge in [-0.2, -0.15) is 0 Å². The van der Waals surface area contributed by atoms with Gasteiger partial charge in [-0.25, -0.2) is 0 Å². The standard InChI is InChI=1S/C24H44OSi/c1-5-6-7-8-9-10-11-12-13-14-15-16-17-18-19-20-21-22-23-25-26-24(2,3)4/h8-9,11-12,14-15,17-18H,5-7,10,13,16,19-23,26H2,1-4H3. The first-order valence-electron chi connectivity index (χ1n) is 10.7. The van der Waals surface area contributed by atoms with Crippen molar-refractivity contribution in [3.05, 3.63) is 48.6 Å². The highest BCUT2D eigenvalue weighted by atomic mass is 28.2. The minimum absolute atomic E-state index is 0.348. The molecule has 0 atom stereocenters. The molecular weight excluding hydrogens is 332 g/mol. The van der Waals surface area contributed by atoms with Crippen molar-refractivity contribution in [1.82, 2.24) is 0 Å². The van der Waals surface area contributed by atoms with Gasteiger partial charge in [-0.15, -0.1) is 0 Å². The van der Waals surface area contributed by atoms with Crippen molar-refractivity contribution in [2.45, 2.75) is 96.9 Å². The Morgan fingerprint density at radius 2 is 1.15 bits per heavy atom. The highest BCUT2D eigenvalue weighted by molar-refractivity contribution is 6.31. The molecule has 150 valence electrons. The van der Waals surface area contributed by atoms with Crippen molar-refractivity contribution in [2.24, 2.45) is 0 Å². The van der Waals surface area contributed by atoms with E-state index in [2.05, 4.69) is 76.3 Å². The number of unbranched alkanes of at least 4 members (excludes halogenated alkanes) is 5. The second-order valence-corrected chi connectivity index (χ2v) is 11.0. The second-order valence-electron chi connectivity index (χ2n) is 8.20. The largest absolute Gasteiger partial charge is 0.423 e. The normalized spacial score (nSPS) is 13.7. The SMILES string of the molecule is CCCCC=CCC=CCC=CCC=CCCCCCO[SiH2]C(C)(C)C. The fourth-order valence-electron chi connectivity index (χ4n) is 2.39. The Balaban J connectivity index is 3.36. The fraction of sp³-hybridized carbons (Fsp3) is 0.667. The number of allylic oxidation sites excluding steroid dienone is 8. The molecule has 0 heterocycles. The average molecular weight is 377 g/mol. The van der Waals surface area contributed by atoms with Gasteiger partial charge in [0, 0.05) is 6.61 Å². The van der Waals surface area contributed by atoms with Gasteiger partial charge >= 0.3 is 0 Å². The Bertz CT molecular complexity index is 399. The first-order valence-corrected chi connectivity index (χ1v) is 12.0. The number of rotatable bonds is 16. The van der Waals surface area contributed by atoms with Crippen LogP contribution < -0.4 is 0 Å². The van der Waals surface area contributed by atoms with Crippen molar-refractivity contribution < 1.29 is 4.43 Å². The van der Waals surface area contributed by atoms with E-state index in [9.17, 15) is 0 Å². The quantitative estimate of drug-likeness (QED) is 0.154. The molecule has 0 saturated heterocycles. The molecule has 0 aromatic carbocycles. The van der Waals surface area contributed by atoms with Crippen LogP contribution in [0.5, 0.6) is 0 Å². The molecule has 0 unspecified atom stereocenters. The van der Waals surface area contributed by atoms with E-state index in [0.29, 0.717) is 5.04 Å². The summed E-state index contributed by atoms with van der Waals surface area (Å²) < 4.78 is 5.83. The van der Waals surface area contributed by atoms with Crippen molar-refractivity contribution in [3.8, 4) is 0 Å². The number of hydrogen-bond donors (Lipinski definition) is 0. The Labute approximate surface area is 166 Å². The van der Waals surface area contributed by atoms with E-state index < -0.39 is 0 Å². The van der Waals surface area contributed by atoms with Crippen molar-refractivity contribution in [3.63, 3.8) is 0 Å². The smallest absolute Gasteiger partial charge is 0.166 e. The Kier molecular flexibility index (Phi) is 18.3.